The topological polar surface area (TPSA) is 42.4 Å². The molecule has 0 fully saturated rings. The number of nitrogens with zero attached hydrogens (tertiary/aromatic N) is 1. The Bertz CT molecular complexity index is 543. The van der Waals surface area contributed by atoms with Crippen molar-refractivity contribution in [3.63, 3.8) is 0 Å². The summed E-state index contributed by atoms with van der Waals surface area (Å²) in [5.74, 6) is -0.891. The molecule has 2 rings (SSSR count). The molecule has 0 aliphatic carbocycles. The maximum absolute atomic E-state index is 13.5. The molecule has 1 heterocycles. The van der Waals surface area contributed by atoms with Crippen LogP contribution >= 0.6 is 0 Å². The first-order valence-electron chi connectivity index (χ1n) is 5.25. The lowest BCUT2D eigenvalue weighted by atomic mass is 10.0. The predicted molar refractivity (Wildman–Crippen MR) is 61.2 cm³/mol. The van der Waals surface area contributed by atoms with Gasteiger partial charge in [0, 0.05) is 23.4 Å². The van der Waals surface area contributed by atoms with E-state index in [1.54, 1.807) is 6.07 Å². The van der Waals surface area contributed by atoms with Crippen LogP contribution in [0.3, 0.4) is 0 Å². The normalized spacial score (nSPS) is 12.2. The molecule has 18 heavy (non-hydrogen) atoms. The van der Waals surface area contributed by atoms with Crippen molar-refractivity contribution in [1.29, 1.82) is 0 Å². The molecule has 2 aromatic rings. The fourth-order valence-corrected chi connectivity index (χ4v) is 1.58. The summed E-state index contributed by atoms with van der Waals surface area (Å²) in [5, 5.41) is 9.97. The van der Waals surface area contributed by atoms with Crippen molar-refractivity contribution in [2.24, 2.45) is 0 Å². The number of pyridine rings is 1. The lowest BCUT2D eigenvalue weighted by molar-refractivity contribution is 0.213. The van der Waals surface area contributed by atoms with Gasteiger partial charge in [-0.05, 0) is 24.3 Å². The molecule has 0 aliphatic rings. The van der Waals surface area contributed by atoms with Gasteiger partial charge in [-0.2, -0.15) is 0 Å². The number of aliphatic hydroxyl groups is 1. The summed E-state index contributed by atoms with van der Waals surface area (Å²) < 4.78 is 31.4. The first-order valence-corrected chi connectivity index (χ1v) is 5.25. The Morgan fingerprint density at radius 1 is 1.22 bits per heavy atom. The van der Waals surface area contributed by atoms with Crippen molar-refractivity contribution in [3.8, 4) is 5.88 Å². The summed E-state index contributed by atoms with van der Waals surface area (Å²) in [6, 6.07) is 6.02. The minimum atomic E-state index is -1.26. The van der Waals surface area contributed by atoms with E-state index in [1.165, 1.54) is 19.4 Å². The van der Waals surface area contributed by atoms with Crippen LogP contribution in [0.15, 0.2) is 36.5 Å². The van der Waals surface area contributed by atoms with Crippen LogP contribution in [0, 0.1) is 11.6 Å². The first kappa shape index (κ1) is 12.4. The van der Waals surface area contributed by atoms with E-state index in [9.17, 15) is 13.9 Å². The van der Waals surface area contributed by atoms with E-state index in [4.69, 9.17) is 4.74 Å². The van der Waals surface area contributed by atoms with Gasteiger partial charge >= 0.3 is 0 Å². The van der Waals surface area contributed by atoms with E-state index in [-0.39, 0.29) is 5.56 Å². The van der Waals surface area contributed by atoms with Crippen LogP contribution in [0.25, 0.3) is 0 Å². The summed E-state index contributed by atoms with van der Waals surface area (Å²) >= 11 is 0. The maximum Gasteiger partial charge on any atom is 0.212 e. The van der Waals surface area contributed by atoms with Gasteiger partial charge in [0.2, 0.25) is 5.88 Å². The Kier molecular flexibility index (Phi) is 3.53. The van der Waals surface area contributed by atoms with Crippen molar-refractivity contribution in [3.05, 3.63) is 59.3 Å². The fourth-order valence-electron chi connectivity index (χ4n) is 1.58. The quantitative estimate of drug-likeness (QED) is 0.911. The molecule has 5 heteroatoms. The molecule has 0 aliphatic heterocycles. The standard InChI is InChI=1S/C13H11F2NO2/c1-18-12-5-2-8(7-16-12)13(17)10-6-9(14)3-4-11(10)15/h2-7,13,17H,1H3. The molecule has 94 valence electrons. The van der Waals surface area contributed by atoms with Crippen molar-refractivity contribution in [2.75, 3.05) is 7.11 Å². The molecule has 1 aromatic carbocycles. The number of hydrogen-bond acceptors (Lipinski definition) is 3. The van der Waals surface area contributed by atoms with Crippen molar-refractivity contribution in [1.82, 2.24) is 4.98 Å². The number of benzene rings is 1. The molecule has 0 bridgehead atoms. The minimum absolute atomic E-state index is 0.123. The highest BCUT2D eigenvalue weighted by Crippen LogP contribution is 2.25. The zero-order chi connectivity index (χ0) is 13.1. The smallest absolute Gasteiger partial charge is 0.212 e. The van der Waals surface area contributed by atoms with Gasteiger partial charge in [-0.1, -0.05) is 0 Å². The van der Waals surface area contributed by atoms with Crippen LogP contribution in [0.1, 0.15) is 17.2 Å². The molecule has 1 N–H and O–H groups in total. The van der Waals surface area contributed by atoms with Crippen LogP contribution in [-0.4, -0.2) is 17.2 Å². The van der Waals surface area contributed by atoms with E-state index in [2.05, 4.69) is 4.98 Å². The summed E-state index contributed by atoms with van der Waals surface area (Å²) in [6.45, 7) is 0. The van der Waals surface area contributed by atoms with E-state index >= 15 is 0 Å². The second-order valence-electron chi connectivity index (χ2n) is 3.70. The number of aromatic nitrogens is 1. The van der Waals surface area contributed by atoms with Crippen LogP contribution in [0.2, 0.25) is 0 Å². The number of methoxy groups -OCH3 is 1. The predicted octanol–water partition coefficient (Wildman–Crippen LogP) is 2.45. The number of ether oxygens (including phenoxy) is 1. The Morgan fingerprint density at radius 2 is 2.00 bits per heavy atom. The number of aliphatic hydroxyl groups excluding tert-OH is 1. The van der Waals surface area contributed by atoms with Gasteiger partial charge in [0.05, 0.1) is 7.11 Å². The molecule has 3 nitrogen and oxygen atoms in total. The van der Waals surface area contributed by atoms with E-state index in [0.717, 1.165) is 18.2 Å². The molecule has 0 saturated carbocycles. The summed E-state index contributed by atoms with van der Waals surface area (Å²) in [7, 11) is 1.46. The largest absolute Gasteiger partial charge is 0.481 e. The van der Waals surface area contributed by atoms with Gasteiger partial charge in [-0.25, -0.2) is 13.8 Å². The van der Waals surface area contributed by atoms with Gasteiger partial charge in [-0.15, -0.1) is 0 Å². The molecular formula is C13H11F2NO2. The molecular weight excluding hydrogens is 240 g/mol. The third-order valence-corrected chi connectivity index (χ3v) is 2.54. The van der Waals surface area contributed by atoms with Crippen molar-refractivity contribution >= 4 is 0 Å². The molecule has 0 radical (unpaired) electrons. The van der Waals surface area contributed by atoms with Gasteiger partial charge in [0.1, 0.15) is 17.7 Å². The lowest BCUT2D eigenvalue weighted by Gasteiger charge is -2.12. The zero-order valence-corrected chi connectivity index (χ0v) is 9.60. The Balaban J connectivity index is 2.34. The highest BCUT2D eigenvalue weighted by Gasteiger charge is 2.16. The number of rotatable bonds is 3. The van der Waals surface area contributed by atoms with Crippen molar-refractivity contribution in [2.45, 2.75) is 6.10 Å². The van der Waals surface area contributed by atoms with Gasteiger partial charge in [-0.3, -0.25) is 0 Å². The van der Waals surface area contributed by atoms with Crippen LogP contribution in [-0.2, 0) is 0 Å². The summed E-state index contributed by atoms with van der Waals surface area (Å²) in [6.07, 6.45) is 0.0903. The van der Waals surface area contributed by atoms with E-state index in [1.807, 2.05) is 0 Å². The monoisotopic (exact) mass is 251 g/mol. The number of halogens is 2. The average molecular weight is 251 g/mol. The molecule has 0 saturated heterocycles. The fraction of sp³-hybridized carbons (Fsp3) is 0.154. The second-order valence-corrected chi connectivity index (χ2v) is 3.70. The highest BCUT2D eigenvalue weighted by molar-refractivity contribution is 5.31. The highest BCUT2D eigenvalue weighted by atomic mass is 19.1. The Hall–Kier alpha value is -2.01. The Labute approximate surface area is 103 Å². The summed E-state index contributed by atoms with van der Waals surface area (Å²) in [4.78, 5) is 3.90. The van der Waals surface area contributed by atoms with Crippen molar-refractivity contribution < 1.29 is 18.6 Å². The van der Waals surface area contributed by atoms with Gasteiger partial charge in [0.15, 0.2) is 0 Å². The van der Waals surface area contributed by atoms with Crippen LogP contribution in [0.5, 0.6) is 5.88 Å². The molecule has 0 amide bonds. The first-order chi connectivity index (χ1) is 8.61. The van der Waals surface area contributed by atoms with Gasteiger partial charge < -0.3 is 9.84 Å². The third-order valence-electron chi connectivity index (χ3n) is 2.54. The number of hydrogen-bond donors (Lipinski definition) is 1. The molecule has 0 spiro atoms. The van der Waals surface area contributed by atoms with E-state index in [0.29, 0.717) is 11.4 Å². The van der Waals surface area contributed by atoms with Crippen LogP contribution < -0.4 is 4.74 Å². The molecule has 1 atom stereocenters. The van der Waals surface area contributed by atoms with Crippen LogP contribution in [0.4, 0.5) is 8.78 Å². The van der Waals surface area contributed by atoms with Gasteiger partial charge in [0.25, 0.3) is 0 Å². The second kappa shape index (κ2) is 5.10. The zero-order valence-electron chi connectivity index (χ0n) is 9.60. The molecule has 1 aromatic heterocycles. The summed E-state index contributed by atoms with van der Waals surface area (Å²) in [5.41, 5.74) is 0.238. The maximum atomic E-state index is 13.5. The third kappa shape index (κ3) is 2.46. The average Bonchev–Trinajstić information content (AvgIpc) is 2.41. The molecule has 1 unspecified atom stereocenters. The SMILES string of the molecule is COc1ccc(C(O)c2cc(F)ccc2F)cn1. The van der Waals surface area contributed by atoms with E-state index < -0.39 is 17.7 Å². The Morgan fingerprint density at radius 3 is 2.61 bits per heavy atom. The lowest BCUT2D eigenvalue weighted by Crippen LogP contribution is -2.04. The minimum Gasteiger partial charge on any atom is -0.481 e.